The van der Waals surface area contributed by atoms with Gasteiger partial charge >= 0.3 is 0 Å². The molecular formula is C13H27NO4. The summed E-state index contributed by atoms with van der Waals surface area (Å²) >= 11 is 0. The molecule has 0 saturated carbocycles. The second kappa shape index (κ2) is 9.69. The molecule has 0 aromatic carbocycles. The first-order chi connectivity index (χ1) is 8.76. The number of hydroxylamine groups is 2. The lowest BCUT2D eigenvalue weighted by atomic mass is 10.1. The van der Waals surface area contributed by atoms with Crippen molar-refractivity contribution in [1.29, 1.82) is 0 Å². The van der Waals surface area contributed by atoms with Crippen LogP contribution in [0.5, 0.6) is 0 Å². The molecule has 0 unspecified atom stereocenters. The summed E-state index contributed by atoms with van der Waals surface area (Å²) in [5.74, 6) is 0. The lowest BCUT2D eigenvalue weighted by molar-refractivity contribution is -0.271. The molecule has 18 heavy (non-hydrogen) atoms. The van der Waals surface area contributed by atoms with Gasteiger partial charge in [0.15, 0.2) is 6.29 Å². The fraction of sp³-hybridized carbons (Fsp3) is 1.00. The Hall–Kier alpha value is -0.200. The summed E-state index contributed by atoms with van der Waals surface area (Å²) in [5, 5.41) is 19.6. The molecule has 1 heterocycles. The third kappa shape index (κ3) is 6.66. The Labute approximate surface area is 110 Å². The Balaban J connectivity index is 2.00. The van der Waals surface area contributed by atoms with E-state index >= 15 is 0 Å². The molecule has 108 valence electrons. The van der Waals surface area contributed by atoms with Crippen LogP contribution in [0.4, 0.5) is 0 Å². The highest BCUT2D eigenvalue weighted by Gasteiger charge is 2.26. The van der Waals surface area contributed by atoms with Crippen LogP contribution in [0.2, 0.25) is 0 Å². The van der Waals surface area contributed by atoms with E-state index in [0.29, 0.717) is 19.7 Å². The average molecular weight is 261 g/mol. The Morgan fingerprint density at radius 2 is 1.89 bits per heavy atom. The van der Waals surface area contributed by atoms with Crippen LogP contribution < -0.4 is 0 Å². The summed E-state index contributed by atoms with van der Waals surface area (Å²) in [6, 6.07) is 0. The molecule has 1 aliphatic heterocycles. The summed E-state index contributed by atoms with van der Waals surface area (Å²) < 4.78 is 11.0. The van der Waals surface area contributed by atoms with Crippen molar-refractivity contribution in [2.45, 2.75) is 57.8 Å². The number of unbranched alkanes of at least 4 members (excludes halogenated alkanes) is 5. The minimum Gasteiger partial charge on any atom is -0.394 e. The third-order valence-electron chi connectivity index (χ3n) is 3.12. The molecule has 5 heteroatoms. The minimum absolute atomic E-state index is 0.0893. The van der Waals surface area contributed by atoms with Crippen molar-refractivity contribution in [3.05, 3.63) is 0 Å². The summed E-state index contributed by atoms with van der Waals surface area (Å²) in [6.45, 7) is 3.47. The summed E-state index contributed by atoms with van der Waals surface area (Å²) in [4.78, 5) is 0. The van der Waals surface area contributed by atoms with Crippen molar-refractivity contribution in [2.75, 3.05) is 26.3 Å². The molecule has 0 radical (unpaired) electrons. The topological polar surface area (TPSA) is 62.2 Å². The van der Waals surface area contributed by atoms with Crippen LogP contribution in [0.1, 0.15) is 45.4 Å². The molecule has 0 aromatic heterocycles. The highest BCUT2D eigenvalue weighted by Crippen LogP contribution is 2.12. The van der Waals surface area contributed by atoms with Crippen molar-refractivity contribution in [1.82, 2.24) is 5.06 Å². The van der Waals surface area contributed by atoms with Gasteiger partial charge in [0.1, 0.15) is 0 Å². The van der Waals surface area contributed by atoms with Crippen LogP contribution in [0.25, 0.3) is 0 Å². The second-order valence-electron chi connectivity index (χ2n) is 4.88. The van der Waals surface area contributed by atoms with Gasteiger partial charge in [-0.2, -0.15) is 5.06 Å². The zero-order valence-corrected chi connectivity index (χ0v) is 11.4. The van der Waals surface area contributed by atoms with E-state index in [4.69, 9.17) is 14.6 Å². The van der Waals surface area contributed by atoms with Crippen LogP contribution in [0, 0.1) is 0 Å². The molecule has 2 N–H and O–H groups in total. The Kier molecular flexibility index (Phi) is 8.54. The van der Waals surface area contributed by atoms with E-state index < -0.39 is 6.29 Å². The number of aliphatic hydroxyl groups excluding tert-OH is 1. The Morgan fingerprint density at radius 1 is 1.17 bits per heavy atom. The maximum absolute atomic E-state index is 9.44. The highest BCUT2D eigenvalue weighted by atomic mass is 16.7. The van der Waals surface area contributed by atoms with Crippen molar-refractivity contribution >= 4 is 0 Å². The quantitative estimate of drug-likeness (QED) is 0.619. The number of nitrogens with zero attached hydrogens (tertiary/aromatic N) is 1. The first kappa shape index (κ1) is 15.9. The van der Waals surface area contributed by atoms with Gasteiger partial charge in [0, 0.05) is 6.61 Å². The molecule has 0 bridgehead atoms. The predicted octanol–water partition coefficient (Wildman–Crippen LogP) is 1.77. The van der Waals surface area contributed by atoms with Gasteiger partial charge in [0.05, 0.1) is 25.8 Å². The molecule has 0 spiro atoms. The van der Waals surface area contributed by atoms with Gasteiger partial charge in [-0.3, -0.25) is 0 Å². The number of ether oxygens (including phenoxy) is 2. The first-order valence-corrected chi connectivity index (χ1v) is 7.08. The molecule has 1 fully saturated rings. The van der Waals surface area contributed by atoms with E-state index in [2.05, 4.69) is 6.92 Å². The van der Waals surface area contributed by atoms with E-state index in [1.165, 1.54) is 32.1 Å². The minimum atomic E-state index is -0.420. The van der Waals surface area contributed by atoms with Gasteiger partial charge in [-0.25, -0.2) is 0 Å². The monoisotopic (exact) mass is 261 g/mol. The van der Waals surface area contributed by atoms with Crippen LogP contribution in [0.3, 0.4) is 0 Å². The van der Waals surface area contributed by atoms with Gasteiger partial charge in [-0.15, -0.1) is 0 Å². The van der Waals surface area contributed by atoms with Crippen molar-refractivity contribution in [3.8, 4) is 0 Å². The largest absolute Gasteiger partial charge is 0.394 e. The van der Waals surface area contributed by atoms with Gasteiger partial charge in [-0.1, -0.05) is 39.0 Å². The molecule has 0 aliphatic carbocycles. The molecule has 1 aliphatic rings. The van der Waals surface area contributed by atoms with E-state index in [0.717, 1.165) is 11.5 Å². The standard InChI is InChI=1S/C13H27NO4/c1-2-3-4-5-6-7-8-17-13-10-14(16)9-12(11-15)18-13/h12-13,15-16H,2-11H2,1H3/t12-,13+/m0/s1. The highest BCUT2D eigenvalue weighted by molar-refractivity contribution is 4.67. The molecule has 2 atom stereocenters. The number of rotatable bonds is 9. The van der Waals surface area contributed by atoms with Gasteiger partial charge in [-0.05, 0) is 6.42 Å². The molecule has 0 amide bonds. The van der Waals surface area contributed by atoms with Crippen molar-refractivity contribution in [3.63, 3.8) is 0 Å². The van der Waals surface area contributed by atoms with Gasteiger partial charge in [0.2, 0.25) is 0 Å². The molecule has 1 saturated heterocycles. The summed E-state index contributed by atoms with van der Waals surface area (Å²) in [7, 11) is 0. The van der Waals surface area contributed by atoms with Crippen LogP contribution >= 0.6 is 0 Å². The number of morpholine rings is 1. The SMILES string of the molecule is CCCCCCCCO[C@H]1CN(O)C[C@@H](CO)O1. The number of aliphatic hydroxyl groups is 1. The van der Waals surface area contributed by atoms with Crippen LogP contribution in [-0.2, 0) is 9.47 Å². The van der Waals surface area contributed by atoms with Gasteiger partial charge < -0.3 is 19.8 Å². The second-order valence-corrected chi connectivity index (χ2v) is 4.88. The predicted molar refractivity (Wildman–Crippen MR) is 68.4 cm³/mol. The summed E-state index contributed by atoms with van der Waals surface area (Å²) in [6.07, 6.45) is 6.57. The van der Waals surface area contributed by atoms with E-state index in [-0.39, 0.29) is 12.7 Å². The maximum Gasteiger partial charge on any atom is 0.173 e. The maximum atomic E-state index is 9.44. The lowest BCUT2D eigenvalue weighted by Gasteiger charge is -2.33. The average Bonchev–Trinajstić information content (AvgIpc) is 2.37. The van der Waals surface area contributed by atoms with Crippen molar-refractivity contribution < 1.29 is 19.8 Å². The molecule has 1 rings (SSSR count). The number of hydrogen-bond donors (Lipinski definition) is 2. The fourth-order valence-corrected chi connectivity index (χ4v) is 2.07. The fourth-order valence-electron chi connectivity index (χ4n) is 2.07. The Morgan fingerprint density at radius 3 is 2.61 bits per heavy atom. The molecule has 0 aromatic rings. The normalized spacial score (nSPS) is 25.5. The van der Waals surface area contributed by atoms with Crippen molar-refractivity contribution in [2.24, 2.45) is 0 Å². The first-order valence-electron chi connectivity index (χ1n) is 7.08. The lowest BCUT2D eigenvalue weighted by Crippen LogP contribution is -2.48. The van der Waals surface area contributed by atoms with Gasteiger partial charge in [0.25, 0.3) is 0 Å². The smallest absolute Gasteiger partial charge is 0.173 e. The third-order valence-corrected chi connectivity index (χ3v) is 3.12. The van der Waals surface area contributed by atoms with E-state index in [1.54, 1.807) is 0 Å². The summed E-state index contributed by atoms with van der Waals surface area (Å²) in [5.41, 5.74) is 0. The molecular weight excluding hydrogens is 234 g/mol. The van der Waals surface area contributed by atoms with Crippen LogP contribution in [0.15, 0.2) is 0 Å². The van der Waals surface area contributed by atoms with E-state index in [9.17, 15) is 5.21 Å². The van der Waals surface area contributed by atoms with Crippen LogP contribution in [-0.4, -0.2) is 54.1 Å². The number of hydrogen-bond acceptors (Lipinski definition) is 5. The zero-order valence-electron chi connectivity index (χ0n) is 11.4. The molecule has 5 nitrogen and oxygen atoms in total. The Bertz CT molecular complexity index is 203. The zero-order chi connectivity index (χ0) is 13.2. The van der Waals surface area contributed by atoms with E-state index in [1.807, 2.05) is 0 Å².